The summed E-state index contributed by atoms with van der Waals surface area (Å²) in [4.78, 5) is 15.4. The zero-order chi connectivity index (χ0) is 16.5. The van der Waals surface area contributed by atoms with Crippen molar-refractivity contribution in [3.8, 4) is 10.6 Å². The van der Waals surface area contributed by atoms with Crippen molar-refractivity contribution < 1.29 is 4.79 Å². The van der Waals surface area contributed by atoms with E-state index < -0.39 is 0 Å². The molecule has 1 saturated heterocycles. The van der Waals surface area contributed by atoms with Gasteiger partial charge in [0, 0.05) is 18.7 Å². The van der Waals surface area contributed by atoms with Crippen LogP contribution in [0.3, 0.4) is 0 Å². The number of fused-ring (bicyclic) bond motifs is 1. The topological polar surface area (TPSA) is 63.4 Å². The maximum absolute atomic E-state index is 12.7. The molecule has 0 N–H and O–H groups in total. The molecule has 3 aromatic rings. The minimum Gasteiger partial charge on any atom is -0.342 e. The molecule has 124 valence electrons. The fraction of sp³-hybridized carbons (Fsp3) is 0.412. The SMILES string of the molecule is CC1CCN(C(=O)Cc2ccccc2-c2nn3cnnc3s2)CC1. The average molecular weight is 341 g/mol. The lowest BCUT2D eigenvalue weighted by Crippen LogP contribution is -2.38. The number of amides is 1. The van der Waals surface area contributed by atoms with Crippen LogP contribution in [0.2, 0.25) is 0 Å². The molecular formula is C17H19N5OS. The summed E-state index contributed by atoms with van der Waals surface area (Å²) in [5.41, 5.74) is 2.03. The highest BCUT2D eigenvalue weighted by molar-refractivity contribution is 7.19. The van der Waals surface area contributed by atoms with E-state index in [4.69, 9.17) is 0 Å². The third-order valence-corrected chi connectivity index (χ3v) is 5.56. The molecule has 0 unspecified atom stereocenters. The normalized spacial score (nSPS) is 16.0. The van der Waals surface area contributed by atoms with Gasteiger partial charge < -0.3 is 4.90 Å². The van der Waals surface area contributed by atoms with E-state index in [9.17, 15) is 4.79 Å². The molecule has 1 aromatic carbocycles. The number of benzene rings is 1. The molecule has 7 heteroatoms. The van der Waals surface area contributed by atoms with Crippen LogP contribution >= 0.6 is 11.3 Å². The van der Waals surface area contributed by atoms with Gasteiger partial charge in [0.05, 0.1) is 6.42 Å². The first-order chi connectivity index (χ1) is 11.7. The van der Waals surface area contributed by atoms with Gasteiger partial charge in [-0.05, 0) is 24.3 Å². The Labute approximate surface area is 144 Å². The molecule has 0 atom stereocenters. The van der Waals surface area contributed by atoms with Crippen LogP contribution in [0.1, 0.15) is 25.3 Å². The lowest BCUT2D eigenvalue weighted by atomic mass is 9.98. The number of likely N-dealkylation sites (tertiary alicyclic amines) is 1. The fourth-order valence-corrected chi connectivity index (χ4v) is 3.96. The van der Waals surface area contributed by atoms with Crippen LogP contribution in [0.25, 0.3) is 15.5 Å². The summed E-state index contributed by atoms with van der Waals surface area (Å²) in [5.74, 6) is 0.929. The summed E-state index contributed by atoms with van der Waals surface area (Å²) in [6.07, 6.45) is 4.22. The number of carbonyl (C=O) groups is 1. The lowest BCUT2D eigenvalue weighted by Gasteiger charge is -2.30. The number of rotatable bonds is 3. The molecule has 3 heterocycles. The van der Waals surface area contributed by atoms with Gasteiger partial charge in [-0.1, -0.05) is 42.5 Å². The van der Waals surface area contributed by atoms with Gasteiger partial charge in [0.2, 0.25) is 10.9 Å². The van der Waals surface area contributed by atoms with E-state index >= 15 is 0 Å². The molecule has 0 saturated carbocycles. The Balaban J connectivity index is 1.57. The average Bonchev–Trinajstić information content (AvgIpc) is 3.17. The van der Waals surface area contributed by atoms with Crippen molar-refractivity contribution in [1.29, 1.82) is 0 Å². The van der Waals surface area contributed by atoms with E-state index in [0.29, 0.717) is 6.42 Å². The molecule has 0 radical (unpaired) electrons. The number of hydrogen-bond donors (Lipinski definition) is 0. The second kappa shape index (κ2) is 6.32. The van der Waals surface area contributed by atoms with E-state index in [1.165, 1.54) is 11.3 Å². The molecule has 0 spiro atoms. The monoisotopic (exact) mass is 341 g/mol. The number of aromatic nitrogens is 4. The predicted molar refractivity (Wildman–Crippen MR) is 92.8 cm³/mol. The number of hydrogen-bond acceptors (Lipinski definition) is 5. The Morgan fingerprint density at radius 2 is 2.08 bits per heavy atom. The first-order valence-electron chi connectivity index (χ1n) is 8.23. The summed E-state index contributed by atoms with van der Waals surface area (Å²) in [6, 6.07) is 7.99. The minimum atomic E-state index is 0.206. The molecule has 0 bridgehead atoms. The molecule has 6 nitrogen and oxygen atoms in total. The smallest absolute Gasteiger partial charge is 0.234 e. The van der Waals surface area contributed by atoms with Crippen molar-refractivity contribution >= 4 is 22.2 Å². The largest absolute Gasteiger partial charge is 0.342 e. The predicted octanol–water partition coefficient (Wildman–Crippen LogP) is 2.65. The zero-order valence-electron chi connectivity index (χ0n) is 13.6. The van der Waals surface area contributed by atoms with Crippen LogP contribution < -0.4 is 0 Å². The van der Waals surface area contributed by atoms with E-state index in [1.54, 1.807) is 10.8 Å². The second-order valence-electron chi connectivity index (χ2n) is 6.36. The molecule has 24 heavy (non-hydrogen) atoms. The Morgan fingerprint density at radius 3 is 2.88 bits per heavy atom. The molecule has 1 fully saturated rings. The quantitative estimate of drug-likeness (QED) is 0.735. The molecule has 2 aromatic heterocycles. The van der Waals surface area contributed by atoms with Gasteiger partial charge in [0.25, 0.3) is 0 Å². The van der Waals surface area contributed by atoms with Crippen LogP contribution in [0, 0.1) is 5.92 Å². The van der Waals surface area contributed by atoms with Gasteiger partial charge >= 0.3 is 0 Å². The van der Waals surface area contributed by atoms with Crippen LogP contribution in [0.4, 0.5) is 0 Å². The Kier molecular flexibility index (Phi) is 4.02. The van der Waals surface area contributed by atoms with Crippen LogP contribution in [-0.4, -0.2) is 43.7 Å². The Morgan fingerprint density at radius 1 is 1.29 bits per heavy atom. The summed E-state index contributed by atoms with van der Waals surface area (Å²) in [6.45, 7) is 4.00. The van der Waals surface area contributed by atoms with Gasteiger partial charge in [0.15, 0.2) is 0 Å². The number of piperidine rings is 1. The van der Waals surface area contributed by atoms with Gasteiger partial charge in [0.1, 0.15) is 11.3 Å². The van der Waals surface area contributed by atoms with Gasteiger partial charge in [-0.3, -0.25) is 4.79 Å². The van der Waals surface area contributed by atoms with Gasteiger partial charge in [-0.15, -0.1) is 10.2 Å². The van der Waals surface area contributed by atoms with Crippen molar-refractivity contribution in [3.63, 3.8) is 0 Å². The summed E-state index contributed by atoms with van der Waals surface area (Å²) in [7, 11) is 0. The van der Waals surface area contributed by atoms with Crippen molar-refractivity contribution in [1.82, 2.24) is 24.7 Å². The first kappa shape index (κ1) is 15.3. The van der Waals surface area contributed by atoms with E-state index in [0.717, 1.165) is 52.9 Å². The summed E-state index contributed by atoms with van der Waals surface area (Å²) >= 11 is 1.49. The number of carbonyl (C=O) groups excluding carboxylic acids is 1. The number of nitrogens with zero attached hydrogens (tertiary/aromatic N) is 5. The zero-order valence-corrected chi connectivity index (χ0v) is 14.4. The van der Waals surface area contributed by atoms with Gasteiger partial charge in [-0.2, -0.15) is 9.61 Å². The second-order valence-corrected chi connectivity index (χ2v) is 7.32. The Bertz CT molecular complexity index is 834. The van der Waals surface area contributed by atoms with Crippen LogP contribution in [0.5, 0.6) is 0 Å². The Hall–Kier alpha value is -2.28. The van der Waals surface area contributed by atoms with Crippen LogP contribution in [0.15, 0.2) is 30.6 Å². The molecule has 1 aliphatic heterocycles. The van der Waals surface area contributed by atoms with Crippen molar-refractivity contribution in [2.75, 3.05) is 13.1 Å². The molecule has 1 amide bonds. The van der Waals surface area contributed by atoms with Crippen molar-refractivity contribution in [2.45, 2.75) is 26.2 Å². The highest BCUT2D eigenvalue weighted by Gasteiger charge is 2.21. The third kappa shape index (κ3) is 2.91. The molecule has 4 rings (SSSR count). The minimum absolute atomic E-state index is 0.206. The summed E-state index contributed by atoms with van der Waals surface area (Å²) < 4.78 is 1.67. The standard InChI is InChI=1S/C17H19N5OS/c1-12-6-8-21(9-7-12)15(23)10-13-4-2-3-5-14(13)16-20-22-11-18-19-17(22)24-16/h2-5,11-12H,6-10H2,1H3. The maximum Gasteiger partial charge on any atom is 0.234 e. The molecular weight excluding hydrogens is 322 g/mol. The van der Waals surface area contributed by atoms with Gasteiger partial charge in [-0.25, -0.2) is 0 Å². The van der Waals surface area contributed by atoms with E-state index in [-0.39, 0.29) is 5.91 Å². The lowest BCUT2D eigenvalue weighted by molar-refractivity contribution is -0.131. The highest BCUT2D eigenvalue weighted by Crippen LogP contribution is 2.28. The molecule has 0 aliphatic carbocycles. The summed E-state index contributed by atoms with van der Waals surface area (Å²) in [5, 5.41) is 13.3. The third-order valence-electron chi connectivity index (χ3n) is 4.61. The van der Waals surface area contributed by atoms with E-state index in [2.05, 4.69) is 22.2 Å². The highest BCUT2D eigenvalue weighted by atomic mass is 32.1. The fourth-order valence-electron chi connectivity index (χ4n) is 3.08. The van der Waals surface area contributed by atoms with Crippen LogP contribution in [-0.2, 0) is 11.2 Å². The maximum atomic E-state index is 12.7. The van der Waals surface area contributed by atoms with E-state index in [1.807, 2.05) is 29.2 Å². The molecule has 1 aliphatic rings. The van der Waals surface area contributed by atoms with Crippen molar-refractivity contribution in [2.24, 2.45) is 5.92 Å². The first-order valence-corrected chi connectivity index (χ1v) is 9.05. The van der Waals surface area contributed by atoms with Crippen molar-refractivity contribution in [3.05, 3.63) is 36.2 Å².